The van der Waals surface area contributed by atoms with E-state index in [1.54, 1.807) is 0 Å². The molecule has 0 radical (unpaired) electrons. The summed E-state index contributed by atoms with van der Waals surface area (Å²) in [7, 11) is 0. The van der Waals surface area contributed by atoms with E-state index in [0.717, 1.165) is 0 Å². The highest BCUT2D eigenvalue weighted by Crippen LogP contribution is 2.16. The number of aliphatic hydroxyl groups excluding tert-OH is 1. The van der Waals surface area contributed by atoms with Crippen LogP contribution >= 0.6 is 0 Å². The first-order valence-electron chi connectivity index (χ1n) is 5.56. The van der Waals surface area contributed by atoms with Gasteiger partial charge in [-0.05, 0) is 19.5 Å². The number of hydrogen-bond acceptors (Lipinski definition) is 3. The van der Waals surface area contributed by atoms with Crippen molar-refractivity contribution in [3.8, 4) is 0 Å². The summed E-state index contributed by atoms with van der Waals surface area (Å²) in [5.74, 6) is 0. The minimum absolute atomic E-state index is 0.147. The van der Waals surface area contributed by atoms with E-state index in [0.29, 0.717) is 19.5 Å². The third-order valence-electron chi connectivity index (χ3n) is 2.13. The Morgan fingerprint density at radius 1 is 1.31 bits per heavy atom. The summed E-state index contributed by atoms with van der Waals surface area (Å²) in [5.41, 5.74) is 0. The van der Waals surface area contributed by atoms with Gasteiger partial charge < -0.3 is 10.4 Å². The molecule has 0 aromatic rings. The second kappa shape index (κ2) is 7.86. The van der Waals surface area contributed by atoms with E-state index in [2.05, 4.69) is 5.32 Å². The van der Waals surface area contributed by atoms with Crippen molar-refractivity contribution in [2.24, 2.45) is 0 Å². The molecule has 2 N–H and O–H groups in total. The molecule has 0 heterocycles. The summed E-state index contributed by atoms with van der Waals surface area (Å²) < 4.78 is 36.7. The SMILES string of the molecule is CCCN(CC(CO)NCC)CC(F)(F)F. The summed E-state index contributed by atoms with van der Waals surface area (Å²) >= 11 is 0. The third-order valence-corrected chi connectivity index (χ3v) is 2.13. The standard InChI is InChI=1S/C10H21F3N2O/c1-3-5-15(8-10(11,12)13)6-9(7-16)14-4-2/h9,14,16H,3-8H2,1-2H3. The number of hydrogen-bond donors (Lipinski definition) is 2. The van der Waals surface area contributed by atoms with Gasteiger partial charge in [-0.3, -0.25) is 4.90 Å². The highest BCUT2D eigenvalue weighted by Gasteiger charge is 2.31. The Morgan fingerprint density at radius 3 is 2.31 bits per heavy atom. The molecule has 16 heavy (non-hydrogen) atoms. The molecule has 0 saturated carbocycles. The Balaban J connectivity index is 4.19. The maximum atomic E-state index is 12.2. The second-order valence-corrected chi connectivity index (χ2v) is 3.79. The van der Waals surface area contributed by atoms with Gasteiger partial charge in [-0.2, -0.15) is 13.2 Å². The summed E-state index contributed by atoms with van der Waals surface area (Å²) in [5, 5.41) is 12.0. The van der Waals surface area contributed by atoms with E-state index in [-0.39, 0.29) is 19.2 Å². The molecule has 0 bridgehead atoms. The molecule has 0 saturated heterocycles. The van der Waals surface area contributed by atoms with Gasteiger partial charge >= 0.3 is 6.18 Å². The van der Waals surface area contributed by atoms with Crippen molar-refractivity contribution < 1.29 is 18.3 Å². The molecule has 0 fully saturated rings. The third kappa shape index (κ3) is 7.90. The zero-order valence-corrected chi connectivity index (χ0v) is 9.85. The van der Waals surface area contributed by atoms with Gasteiger partial charge in [-0.15, -0.1) is 0 Å². The number of nitrogens with one attached hydrogen (secondary N) is 1. The maximum Gasteiger partial charge on any atom is 0.401 e. The van der Waals surface area contributed by atoms with Crippen LogP contribution < -0.4 is 5.32 Å². The molecule has 0 spiro atoms. The summed E-state index contributed by atoms with van der Waals surface area (Å²) in [6.45, 7) is 3.88. The lowest BCUT2D eigenvalue weighted by molar-refractivity contribution is -0.146. The van der Waals surface area contributed by atoms with Gasteiger partial charge in [0.2, 0.25) is 0 Å². The van der Waals surface area contributed by atoms with E-state index >= 15 is 0 Å². The number of halogens is 3. The summed E-state index contributed by atoms with van der Waals surface area (Å²) in [6, 6.07) is -0.293. The molecular formula is C10H21F3N2O. The molecule has 1 unspecified atom stereocenters. The second-order valence-electron chi connectivity index (χ2n) is 3.79. The minimum Gasteiger partial charge on any atom is -0.395 e. The van der Waals surface area contributed by atoms with E-state index in [1.807, 2.05) is 13.8 Å². The van der Waals surface area contributed by atoms with Crippen LogP contribution in [0.3, 0.4) is 0 Å². The minimum atomic E-state index is -4.18. The molecule has 1 atom stereocenters. The zero-order chi connectivity index (χ0) is 12.6. The average molecular weight is 242 g/mol. The van der Waals surface area contributed by atoms with Crippen molar-refractivity contribution in [3.63, 3.8) is 0 Å². The number of alkyl halides is 3. The lowest BCUT2D eigenvalue weighted by Gasteiger charge is -2.27. The fourth-order valence-electron chi connectivity index (χ4n) is 1.59. The van der Waals surface area contributed by atoms with Crippen molar-refractivity contribution in [1.29, 1.82) is 0 Å². The number of likely N-dealkylation sites (N-methyl/N-ethyl adjacent to an activating group) is 1. The first-order valence-corrected chi connectivity index (χ1v) is 5.56. The van der Waals surface area contributed by atoms with Crippen molar-refractivity contribution in [2.45, 2.75) is 32.5 Å². The van der Waals surface area contributed by atoms with Gasteiger partial charge in [0.15, 0.2) is 0 Å². The van der Waals surface area contributed by atoms with Crippen LogP contribution in [-0.2, 0) is 0 Å². The van der Waals surface area contributed by atoms with Crippen LogP contribution in [0.15, 0.2) is 0 Å². The fourth-order valence-corrected chi connectivity index (χ4v) is 1.59. The van der Waals surface area contributed by atoms with Crippen molar-refractivity contribution in [3.05, 3.63) is 0 Å². The first-order chi connectivity index (χ1) is 7.42. The van der Waals surface area contributed by atoms with Gasteiger partial charge in [-0.1, -0.05) is 13.8 Å². The molecule has 0 aliphatic carbocycles. The Kier molecular flexibility index (Phi) is 7.70. The Labute approximate surface area is 94.6 Å². The van der Waals surface area contributed by atoms with Gasteiger partial charge in [0.25, 0.3) is 0 Å². The summed E-state index contributed by atoms with van der Waals surface area (Å²) in [6.07, 6.45) is -3.51. The van der Waals surface area contributed by atoms with Gasteiger partial charge in [0.1, 0.15) is 0 Å². The quantitative estimate of drug-likeness (QED) is 0.672. The average Bonchev–Trinajstić information content (AvgIpc) is 2.15. The topological polar surface area (TPSA) is 35.5 Å². The monoisotopic (exact) mass is 242 g/mol. The van der Waals surface area contributed by atoms with Crippen LogP contribution in [0.4, 0.5) is 13.2 Å². The molecular weight excluding hydrogens is 221 g/mol. The molecule has 0 aliphatic heterocycles. The molecule has 0 aromatic carbocycles. The van der Waals surface area contributed by atoms with Crippen LogP contribution in [0.5, 0.6) is 0 Å². The lowest BCUT2D eigenvalue weighted by Crippen LogP contribution is -2.46. The van der Waals surface area contributed by atoms with Gasteiger partial charge in [-0.25, -0.2) is 0 Å². The molecule has 0 rings (SSSR count). The van der Waals surface area contributed by atoms with E-state index < -0.39 is 12.7 Å². The molecule has 0 aliphatic rings. The smallest absolute Gasteiger partial charge is 0.395 e. The highest BCUT2D eigenvalue weighted by molar-refractivity contribution is 4.72. The number of rotatable bonds is 8. The summed E-state index contributed by atoms with van der Waals surface area (Å²) in [4.78, 5) is 1.32. The van der Waals surface area contributed by atoms with Crippen molar-refractivity contribution >= 4 is 0 Å². The highest BCUT2D eigenvalue weighted by atomic mass is 19.4. The number of nitrogens with zero attached hydrogens (tertiary/aromatic N) is 1. The van der Waals surface area contributed by atoms with Crippen LogP contribution in [0.2, 0.25) is 0 Å². The van der Waals surface area contributed by atoms with Crippen LogP contribution in [-0.4, -0.2) is 55.0 Å². The Hall–Kier alpha value is -0.330. The predicted molar refractivity (Wildman–Crippen MR) is 57.3 cm³/mol. The van der Waals surface area contributed by atoms with Gasteiger partial charge in [0, 0.05) is 12.6 Å². The van der Waals surface area contributed by atoms with E-state index in [4.69, 9.17) is 5.11 Å². The largest absolute Gasteiger partial charge is 0.401 e. The maximum absolute atomic E-state index is 12.2. The van der Waals surface area contributed by atoms with E-state index in [1.165, 1.54) is 4.90 Å². The van der Waals surface area contributed by atoms with Crippen LogP contribution in [0.25, 0.3) is 0 Å². The molecule has 0 amide bonds. The number of aliphatic hydroxyl groups is 1. The fraction of sp³-hybridized carbons (Fsp3) is 1.00. The first kappa shape index (κ1) is 15.7. The predicted octanol–water partition coefficient (Wildman–Crippen LogP) is 1.23. The van der Waals surface area contributed by atoms with Crippen LogP contribution in [0, 0.1) is 0 Å². The van der Waals surface area contributed by atoms with Crippen molar-refractivity contribution in [1.82, 2.24) is 10.2 Å². The van der Waals surface area contributed by atoms with Gasteiger partial charge in [0.05, 0.1) is 13.2 Å². The lowest BCUT2D eigenvalue weighted by atomic mass is 10.2. The molecule has 6 heteroatoms. The van der Waals surface area contributed by atoms with Crippen LogP contribution in [0.1, 0.15) is 20.3 Å². The van der Waals surface area contributed by atoms with Crippen molar-refractivity contribution in [2.75, 3.05) is 32.8 Å². The zero-order valence-electron chi connectivity index (χ0n) is 9.85. The molecule has 0 aromatic heterocycles. The van der Waals surface area contributed by atoms with E-state index in [9.17, 15) is 13.2 Å². The Morgan fingerprint density at radius 2 is 1.94 bits per heavy atom. The molecule has 3 nitrogen and oxygen atoms in total. The normalized spacial score (nSPS) is 14.4. The molecule has 98 valence electrons. The Bertz CT molecular complexity index is 176.